The molecule has 1 aliphatic rings. The fraction of sp³-hybridized carbons (Fsp3) is 0.259. The van der Waals surface area contributed by atoms with E-state index in [0.29, 0.717) is 18.8 Å². The highest BCUT2D eigenvalue weighted by atomic mass is 32.2. The van der Waals surface area contributed by atoms with Gasteiger partial charge in [0.05, 0.1) is 23.9 Å². The summed E-state index contributed by atoms with van der Waals surface area (Å²) in [6.07, 6.45) is 1.04. The molecule has 0 N–H and O–H groups in total. The third kappa shape index (κ3) is 5.28. The van der Waals surface area contributed by atoms with Crippen molar-refractivity contribution < 1.29 is 18.0 Å². The Kier molecular flexibility index (Phi) is 7.05. The van der Waals surface area contributed by atoms with Crippen LogP contribution in [0.4, 0.5) is 11.4 Å². The van der Waals surface area contributed by atoms with E-state index in [1.807, 2.05) is 36.4 Å². The van der Waals surface area contributed by atoms with Crippen LogP contribution in [0.15, 0.2) is 84.9 Å². The van der Waals surface area contributed by atoms with Crippen LogP contribution >= 0.6 is 0 Å². The zero-order valence-electron chi connectivity index (χ0n) is 20.0. The molecule has 0 aliphatic carbocycles. The molecule has 35 heavy (non-hydrogen) atoms. The van der Waals surface area contributed by atoms with Crippen LogP contribution in [0.2, 0.25) is 0 Å². The van der Waals surface area contributed by atoms with Crippen LogP contribution in [0.25, 0.3) is 0 Å². The summed E-state index contributed by atoms with van der Waals surface area (Å²) in [7, 11) is -2.21. The molecule has 0 atom stereocenters. The number of hydrogen-bond donors (Lipinski definition) is 0. The minimum atomic E-state index is -3.85. The van der Waals surface area contributed by atoms with Crippen LogP contribution in [-0.2, 0) is 19.6 Å². The summed E-state index contributed by atoms with van der Waals surface area (Å²) in [4.78, 5) is 28.7. The molecule has 3 aromatic carbocycles. The van der Waals surface area contributed by atoms with Crippen molar-refractivity contribution in [3.05, 3.63) is 96.1 Å². The maximum Gasteiger partial charge on any atom is 0.246 e. The van der Waals surface area contributed by atoms with Crippen LogP contribution in [0.3, 0.4) is 0 Å². The van der Waals surface area contributed by atoms with E-state index in [1.54, 1.807) is 31.3 Å². The minimum absolute atomic E-state index is 0.0189. The largest absolute Gasteiger partial charge is 0.316 e. The van der Waals surface area contributed by atoms with Gasteiger partial charge in [-0.25, -0.2) is 12.7 Å². The molecule has 1 saturated heterocycles. The van der Waals surface area contributed by atoms with E-state index >= 15 is 0 Å². The molecule has 3 aromatic rings. The van der Waals surface area contributed by atoms with E-state index in [-0.39, 0.29) is 17.6 Å². The lowest BCUT2D eigenvalue weighted by Gasteiger charge is -2.45. The Labute approximate surface area is 206 Å². The molecular formula is C27H29N3O4S. The van der Waals surface area contributed by atoms with E-state index < -0.39 is 21.8 Å². The van der Waals surface area contributed by atoms with Gasteiger partial charge in [0.25, 0.3) is 0 Å². The maximum atomic E-state index is 13.4. The number of likely N-dealkylation sites (tertiary alicyclic amines) is 1. The molecule has 0 saturated carbocycles. The molecule has 0 aromatic heterocycles. The van der Waals surface area contributed by atoms with Crippen molar-refractivity contribution in [3.8, 4) is 0 Å². The number of sulfonamides is 1. The number of hydrogen-bond acceptors (Lipinski definition) is 5. The van der Waals surface area contributed by atoms with Crippen LogP contribution in [-0.4, -0.2) is 51.5 Å². The second kappa shape index (κ2) is 10.0. The molecule has 0 radical (unpaired) electrons. The van der Waals surface area contributed by atoms with Crippen molar-refractivity contribution in [3.63, 3.8) is 0 Å². The zero-order chi connectivity index (χ0) is 25.2. The topological polar surface area (TPSA) is 78.0 Å². The maximum absolute atomic E-state index is 13.4. The van der Waals surface area contributed by atoms with Crippen molar-refractivity contribution in [1.82, 2.24) is 4.90 Å². The number of benzene rings is 3. The Balaban J connectivity index is 1.55. The second-order valence-corrected chi connectivity index (χ2v) is 10.7. The van der Waals surface area contributed by atoms with Gasteiger partial charge in [0, 0.05) is 32.7 Å². The van der Waals surface area contributed by atoms with E-state index in [1.165, 1.54) is 11.8 Å². The SMILES string of the molecule is CC(=O)N(C)c1ccc(N(C(=O)C2CN(C(c3ccccc3)c3ccccc3)C2)S(C)(=O)=O)cc1. The lowest BCUT2D eigenvalue weighted by atomic mass is 9.90. The third-order valence-electron chi connectivity index (χ3n) is 6.33. The number of anilines is 2. The summed E-state index contributed by atoms with van der Waals surface area (Å²) in [5.74, 6) is -1.04. The molecule has 7 nitrogen and oxygen atoms in total. The highest BCUT2D eigenvalue weighted by molar-refractivity contribution is 7.92. The van der Waals surface area contributed by atoms with Gasteiger partial charge in [0.15, 0.2) is 0 Å². The summed E-state index contributed by atoms with van der Waals surface area (Å²) < 4.78 is 26.1. The molecule has 1 heterocycles. The van der Waals surface area contributed by atoms with Gasteiger partial charge in [-0.3, -0.25) is 14.5 Å². The lowest BCUT2D eigenvalue weighted by molar-refractivity contribution is -0.127. The number of carbonyl (C=O) groups excluding carboxylic acids is 2. The van der Waals surface area contributed by atoms with Crippen molar-refractivity contribution in [2.75, 3.05) is 35.6 Å². The fourth-order valence-electron chi connectivity index (χ4n) is 4.41. The molecule has 0 unspecified atom stereocenters. The lowest BCUT2D eigenvalue weighted by Crippen LogP contribution is -2.56. The van der Waals surface area contributed by atoms with Crippen LogP contribution in [0, 0.1) is 5.92 Å². The molecule has 0 spiro atoms. The number of carbonyl (C=O) groups is 2. The second-order valence-electron chi connectivity index (χ2n) is 8.83. The highest BCUT2D eigenvalue weighted by Gasteiger charge is 2.42. The standard InChI is InChI=1S/C27H29N3O4S/c1-20(31)28(2)24-14-16-25(17-15-24)30(35(3,33)34)27(32)23-18-29(19-23)26(21-10-6-4-7-11-21)22-12-8-5-9-13-22/h4-17,23,26H,18-19H2,1-3H3. The van der Waals surface area contributed by atoms with Crippen molar-refractivity contribution in [1.29, 1.82) is 0 Å². The minimum Gasteiger partial charge on any atom is -0.316 e. The fourth-order valence-corrected chi connectivity index (χ4v) is 5.39. The Morgan fingerprint density at radius 3 is 1.71 bits per heavy atom. The van der Waals surface area contributed by atoms with Gasteiger partial charge < -0.3 is 4.90 Å². The van der Waals surface area contributed by atoms with Gasteiger partial charge in [0.2, 0.25) is 21.8 Å². The van der Waals surface area contributed by atoms with E-state index in [2.05, 4.69) is 29.2 Å². The van der Waals surface area contributed by atoms with Crippen LogP contribution < -0.4 is 9.21 Å². The van der Waals surface area contributed by atoms with Gasteiger partial charge in [-0.2, -0.15) is 0 Å². The Morgan fingerprint density at radius 1 is 0.829 bits per heavy atom. The molecule has 1 aliphatic heterocycles. The monoisotopic (exact) mass is 491 g/mol. The molecule has 182 valence electrons. The van der Waals surface area contributed by atoms with Crippen molar-refractivity contribution in [2.24, 2.45) is 5.92 Å². The molecule has 1 fully saturated rings. The highest BCUT2D eigenvalue weighted by Crippen LogP contribution is 2.36. The average molecular weight is 492 g/mol. The van der Waals surface area contributed by atoms with Gasteiger partial charge in [0.1, 0.15) is 0 Å². The van der Waals surface area contributed by atoms with Crippen molar-refractivity contribution >= 4 is 33.2 Å². The summed E-state index contributed by atoms with van der Waals surface area (Å²) in [6.45, 7) is 2.34. The normalized spacial score (nSPS) is 14.4. The van der Waals surface area contributed by atoms with E-state index in [4.69, 9.17) is 0 Å². The van der Waals surface area contributed by atoms with E-state index in [0.717, 1.165) is 21.7 Å². The van der Waals surface area contributed by atoms with Crippen LogP contribution in [0.1, 0.15) is 24.1 Å². The summed E-state index contributed by atoms with van der Waals surface area (Å²) in [5, 5.41) is 0. The average Bonchev–Trinajstić information content (AvgIpc) is 2.81. The quantitative estimate of drug-likeness (QED) is 0.504. The predicted octanol–water partition coefficient (Wildman–Crippen LogP) is 3.68. The molecule has 8 heteroatoms. The van der Waals surface area contributed by atoms with Crippen molar-refractivity contribution in [2.45, 2.75) is 13.0 Å². The predicted molar refractivity (Wildman–Crippen MR) is 138 cm³/mol. The van der Waals surface area contributed by atoms with Crippen LogP contribution in [0.5, 0.6) is 0 Å². The molecular weight excluding hydrogens is 462 g/mol. The first-order valence-corrected chi connectivity index (χ1v) is 13.2. The number of amides is 2. The Hall–Kier alpha value is -3.49. The third-order valence-corrected chi connectivity index (χ3v) is 7.38. The first-order valence-electron chi connectivity index (χ1n) is 11.4. The Morgan fingerprint density at radius 2 is 1.29 bits per heavy atom. The summed E-state index contributed by atoms with van der Waals surface area (Å²) in [5.41, 5.74) is 3.12. The number of rotatable bonds is 7. The zero-order valence-corrected chi connectivity index (χ0v) is 20.9. The molecule has 4 rings (SSSR count). The first kappa shape index (κ1) is 24.6. The summed E-state index contributed by atoms with van der Waals surface area (Å²) in [6, 6.07) is 26.5. The number of nitrogens with zero attached hydrogens (tertiary/aromatic N) is 3. The van der Waals surface area contributed by atoms with E-state index in [9.17, 15) is 18.0 Å². The molecule has 2 amide bonds. The van der Waals surface area contributed by atoms with Gasteiger partial charge in [-0.05, 0) is 35.4 Å². The first-order chi connectivity index (χ1) is 16.7. The Bertz CT molecular complexity index is 1250. The smallest absolute Gasteiger partial charge is 0.246 e. The summed E-state index contributed by atoms with van der Waals surface area (Å²) >= 11 is 0. The molecule has 0 bridgehead atoms. The van der Waals surface area contributed by atoms with Gasteiger partial charge >= 0.3 is 0 Å². The van der Waals surface area contributed by atoms with Gasteiger partial charge in [-0.15, -0.1) is 0 Å². The van der Waals surface area contributed by atoms with Gasteiger partial charge in [-0.1, -0.05) is 60.7 Å².